The Morgan fingerprint density at radius 3 is 2.31 bits per heavy atom. The van der Waals surface area contributed by atoms with E-state index in [4.69, 9.17) is 11.6 Å². The summed E-state index contributed by atoms with van der Waals surface area (Å²) in [7, 11) is -2.76. The van der Waals surface area contributed by atoms with E-state index in [-0.39, 0.29) is 5.38 Å². The van der Waals surface area contributed by atoms with Crippen LogP contribution >= 0.6 is 11.6 Å². The van der Waals surface area contributed by atoms with Gasteiger partial charge in [-0.1, -0.05) is 19.8 Å². The second-order valence-corrected chi connectivity index (χ2v) is 6.36. The average molecular weight is 227 g/mol. The maximum atomic E-state index is 10.8. The van der Waals surface area contributed by atoms with Crippen LogP contribution < -0.4 is 0 Å². The van der Waals surface area contributed by atoms with Crippen molar-refractivity contribution >= 4 is 21.4 Å². The number of unbranched alkanes of at least 4 members (excludes halogenated alkanes) is 2. The monoisotopic (exact) mass is 226 g/mol. The molecule has 0 radical (unpaired) electrons. The van der Waals surface area contributed by atoms with Gasteiger partial charge in [-0.25, -0.2) is 8.42 Å². The average Bonchev–Trinajstić information content (AvgIpc) is 2.01. The quantitative estimate of drug-likeness (QED) is 0.494. The molecule has 0 saturated carbocycles. The van der Waals surface area contributed by atoms with Crippen LogP contribution in [0.5, 0.6) is 0 Å². The van der Waals surface area contributed by atoms with E-state index < -0.39 is 9.84 Å². The Labute approximate surface area is 86.6 Å². The van der Waals surface area contributed by atoms with E-state index in [1.165, 1.54) is 6.26 Å². The van der Waals surface area contributed by atoms with Crippen LogP contribution in [-0.4, -0.2) is 25.8 Å². The zero-order valence-corrected chi connectivity index (χ0v) is 10.00. The highest BCUT2D eigenvalue weighted by atomic mass is 35.5. The molecule has 0 aromatic heterocycles. The SMILES string of the molecule is CCC(Cl)CCCCCS(C)(=O)=O. The fourth-order valence-electron chi connectivity index (χ4n) is 1.11. The van der Waals surface area contributed by atoms with E-state index in [1.807, 2.05) is 0 Å². The molecular weight excluding hydrogens is 208 g/mol. The molecule has 13 heavy (non-hydrogen) atoms. The molecule has 1 unspecified atom stereocenters. The van der Waals surface area contributed by atoms with Crippen molar-refractivity contribution in [1.29, 1.82) is 0 Å². The van der Waals surface area contributed by atoms with Gasteiger partial charge in [0.15, 0.2) is 0 Å². The number of alkyl halides is 1. The van der Waals surface area contributed by atoms with Gasteiger partial charge in [0.2, 0.25) is 0 Å². The number of halogens is 1. The molecule has 1 atom stereocenters. The van der Waals surface area contributed by atoms with Crippen molar-refractivity contribution in [3.8, 4) is 0 Å². The minimum absolute atomic E-state index is 0.262. The minimum Gasteiger partial charge on any atom is -0.229 e. The Hall–Kier alpha value is 0.240. The molecule has 0 aromatic rings. The summed E-state index contributed by atoms with van der Waals surface area (Å²) in [5, 5.41) is 0.262. The van der Waals surface area contributed by atoms with E-state index in [0.717, 1.165) is 32.1 Å². The summed E-state index contributed by atoms with van der Waals surface area (Å²) in [6, 6.07) is 0. The summed E-state index contributed by atoms with van der Waals surface area (Å²) in [6.45, 7) is 2.06. The molecule has 4 heteroatoms. The fourth-order valence-corrected chi connectivity index (χ4v) is 1.99. The molecular formula is C9H19ClO2S. The molecule has 2 nitrogen and oxygen atoms in total. The van der Waals surface area contributed by atoms with Crippen molar-refractivity contribution in [2.24, 2.45) is 0 Å². The largest absolute Gasteiger partial charge is 0.229 e. The van der Waals surface area contributed by atoms with Gasteiger partial charge in [0.25, 0.3) is 0 Å². The van der Waals surface area contributed by atoms with E-state index in [1.54, 1.807) is 0 Å². The maximum Gasteiger partial charge on any atom is 0.147 e. The van der Waals surface area contributed by atoms with Crippen molar-refractivity contribution in [3.63, 3.8) is 0 Å². The van der Waals surface area contributed by atoms with Crippen LogP contribution in [0.3, 0.4) is 0 Å². The third-order valence-corrected chi connectivity index (χ3v) is 3.53. The number of hydrogen-bond acceptors (Lipinski definition) is 2. The normalized spacial score (nSPS) is 14.4. The summed E-state index contributed by atoms with van der Waals surface area (Å²) < 4.78 is 21.5. The summed E-state index contributed by atoms with van der Waals surface area (Å²) in [6.07, 6.45) is 6.05. The maximum absolute atomic E-state index is 10.8. The van der Waals surface area contributed by atoms with Crippen LogP contribution in [0, 0.1) is 0 Å². The molecule has 0 aliphatic rings. The van der Waals surface area contributed by atoms with E-state index in [9.17, 15) is 8.42 Å². The van der Waals surface area contributed by atoms with Gasteiger partial charge in [-0.15, -0.1) is 11.6 Å². The molecule has 0 aromatic carbocycles. The minimum atomic E-state index is -2.76. The molecule has 0 aliphatic carbocycles. The zero-order valence-electron chi connectivity index (χ0n) is 8.42. The van der Waals surface area contributed by atoms with Crippen LogP contribution in [-0.2, 0) is 9.84 Å². The van der Waals surface area contributed by atoms with Crippen molar-refractivity contribution < 1.29 is 8.42 Å². The Morgan fingerprint density at radius 2 is 1.85 bits per heavy atom. The highest BCUT2D eigenvalue weighted by Crippen LogP contribution is 2.12. The van der Waals surface area contributed by atoms with E-state index in [0.29, 0.717) is 5.75 Å². The predicted molar refractivity (Wildman–Crippen MR) is 58.1 cm³/mol. The van der Waals surface area contributed by atoms with E-state index >= 15 is 0 Å². The summed E-state index contributed by atoms with van der Waals surface area (Å²) in [4.78, 5) is 0. The van der Waals surface area contributed by atoms with Gasteiger partial charge in [-0.05, 0) is 19.3 Å². The first-order valence-corrected chi connectivity index (χ1v) is 7.27. The molecule has 0 heterocycles. The fraction of sp³-hybridized carbons (Fsp3) is 1.00. The lowest BCUT2D eigenvalue weighted by molar-refractivity contribution is 0.589. The van der Waals surface area contributed by atoms with Gasteiger partial charge in [0.1, 0.15) is 9.84 Å². The van der Waals surface area contributed by atoms with E-state index in [2.05, 4.69) is 6.92 Å². The summed E-state index contributed by atoms with van der Waals surface area (Å²) in [5.74, 6) is 0.312. The molecule has 0 bridgehead atoms. The van der Waals surface area contributed by atoms with Crippen molar-refractivity contribution in [3.05, 3.63) is 0 Å². The van der Waals surface area contributed by atoms with Gasteiger partial charge in [0, 0.05) is 17.4 Å². The van der Waals surface area contributed by atoms with Crippen LogP contribution in [0.4, 0.5) is 0 Å². The van der Waals surface area contributed by atoms with Gasteiger partial charge in [0.05, 0.1) is 0 Å². The van der Waals surface area contributed by atoms with Crippen molar-refractivity contribution in [2.75, 3.05) is 12.0 Å². The molecule has 0 rings (SSSR count). The topological polar surface area (TPSA) is 34.1 Å². The number of hydrogen-bond donors (Lipinski definition) is 0. The highest BCUT2D eigenvalue weighted by molar-refractivity contribution is 7.90. The first-order chi connectivity index (χ1) is 5.95. The highest BCUT2D eigenvalue weighted by Gasteiger charge is 2.03. The van der Waals surface area contributed by atoms with Gasteiger partial charge in [-0.3, -0.25) is 0 Å². The second-order valence-electron chi connectivity index (χ2n) is 3.48. The number of rotatable bonds is 7. The van der Waals surface area contributed by atoms with Crippen LogP contribution in [0.2, 0.25) is 0 Å². The Kier molecular flexibility index (Phi) is 6.78. The van der Waals surface area contributed by atoms with Crippen molar-refractivity contribution in [1.82, 2.24) is 0 Å². The zero-order chi connectivity index (χ0) is 10.3. The molecule has 0 N–H and O–H groups in total. The second kappa shape index (κ2) is 6.66. The van der Waals surface area contributed by atoms with Crippen molar-refractivity contribution in [2.45, 2.75) is 44.4 Å². The molecule has 0 spiro atoms. The first kappa shape index (κ1) is 13.2. The molecule has 80 valence electrons. The summed E-state index contributed by atoms with van der Waals surface area (Å²) >= 11 is 5.92. The smallest absolute Gasteiger partial charge is 0.147 e. The lowest BCUT2D eigenvalue weighted by atomic mass is 10.1. The third-order valence-electron chi connectivity index (χ3n) is 1.98. The Morgan fingerprint density at radius 1 is 1.23 bits per heavy atom. The summed E-state index contributed by atoms with van der Waals surface area (Å²) in [5.41, 5.74) is 0. The van der Waals surface area contributed by atoms with Crippen LogP contribution in [0.1, 0.15) is 39.0 Å². The lowest BCUT2D eigenvalue weighted by Gasteiger charge is -2.04. The molecule has 0 saturated heterocycles. The van der Waals surface area contributed by atoms with Gasteiger partial charge >= 0.3 is 0 Å². The third kappa shape index (κ3) is 10.2. The molecule has 0 aliphatic heterocycles. The number of sulfone groups is 1. The standard InChI is InChI=1S/C9H19ClO2S/c1-3-9(10)7-5-4-6-8-13(2,11)12/h9H,3-8H2,1-2H3. The molecule has 0 fully saturated rings. The van der Waals surface area contributed by atoms with Crippen LogP contribution in [0.15, 0.2) is 0 Å². The lowest BCUT2D eigenvalue weighted by Crippen LogP contribution is -2.03. The van der Waals surface area contributed by atoms with Gasteiger partial charge < -0.3 is 0 Å². The first-order valence-electron chi connectivity index (χ1n) is 4.77. The Balaban J connectivity index is 3.27. The Bertz CT molecular complexity index is 212. The van der Waals surface area contributed by atoms with Crippen LogP contribution in [0.25, 0.3) is 0 Å². The molecule has 0 amide bonds. The predicted octanol–water partition coefficient (Wildman–Crippen LogP) is 2.61. The van der Waals surface area contributed by atoms with Gasteiger partial charge in [-0.2, -0.15) is 0 Å².